The Balaban J connectivity index is 1.78. The smallest absolute Gasteiger partial charge is 0.324 e. The molecule has 0 saturated heterocycles. The Bertz CT molecular complexity index is 1460. The number of para-hydroxylation sites is 1. The maximum atomic E-state index is 13.6. The molecule has 1 amide bonds. The third-order valence-corrected chi connectivity index (χ3v) is 6.86. The molecule has 1 N–H and O–H groups in total. The molecule has 5 nitrogen and oxygen atoms in total. The number of aromatic nitrogens is 2. The summed E-state index contributed by atoms with van der Waals surface area (Å²) in [7, 11) is 0. The first-order chi connectivity index (χ1) is 17.2. The molecule has 1 atom stereocenters. The topological polar surface area (TPSA) is 64.0 Å². The maximum absolute atomic E-state index is 13.6. The number of nitrogens with zero attached hydrogens (tertiary/aromatic N) is 2. The van der Waals surface area contributed by atoms with Crippen LogP contribution in [-0.4, -0.2) is 15.5 Å². The third-order valence-electron chi connectivity index (χ3n) is 5.38. The Hall–Kier alpha value is -3.30. The highest BCUT2D eigenvalue weighted by Gasteiger charge is 2.35. The molecule has 0 bridgehead atoms. The molecule has 10 heteroatoms. The number of fused-ring (bicyclic) bond motifs is 1. The molecule has 4 aromatic rings. The van der Waals surface area contributed by atoms with Crippen LogP contribution in [0, 0.1) is 0 Å². The monoisotopic (exact) mass is 531 g/mol. The van der Waals surface area contributed by atoms with Crippen molar-refractivity contribution in [3.63, 3.8) is 0 Å². The summed E-state index contributed by atoms with van der Waals surface area (Å²) in [5.74, 6) is -0.690. The first-order valence-corrected chi connectivity index (χ1v) is 12.3. The van der Waals surface area contributed by atoms with Gasteiger partial charge in [-0.15, -0.1) is 0 Å². The van der Waals surface area contributed by atoms with Gasteiger partial charge < -0.3 is 5.32 Å². The fourth-order valence-electron chi connectivity index (χ4n) is 3.72. The molecule has 0 aliphatic heterocycles. The second-order valence-corrected chi connectivity index (χ2v) is 9.46. The molecule has 3 aromatic carbocycles. The van der Waals surface area contributed by atoms with Gasteiger partial charge in [-0.3, -0.25) is 14.2 Å². The first kappa shape index (κ1) is 25.8. The second kappa shape index (κ2) is 10.8. The van der Waals surface area contributed by atoms with E-state index >= 15 is 0 Å². The highest BCUT2D eigenvalue weighted by molar-refractivity contribution is 8.00. The average molecular weight is 532 g/mol. The van der Waals surface area contributed by atoms with Gasteiger partial charge in [0.2, 0.25) is 5.91 Å². The summed E-state index contributed by atoms with van der Waals surface area (Å²) in [5.41, 5.74) is -0.674. The summed E-state index contributed by atoms with van der Waals surface area (Å²) in [6.07, 6.45) is -4.07. The van der Waals surface area contributed by atoms with Crippen molar-refractivity contribution < 1.29 is 18.0 Å². The lowest BCUT2D eigenvalue weighted by atomic mass is 10.1. The number of carbonyl (C=O) groups is 1. The molecule has 0 fully saturated rings. The van der Waals surface area contributed by atoms with E-state index in [1.165, 1.54) is 10.6 Å². The molecule has 1 aromatic heterocycles. The minimum absolute atomic E-state index is 0.0988. The summed E-state index contributed by atoms with van der Waals surface area (Å²) >= 11 is 6.79. The number of halogens is 4. The van der Waals surface area contributed by atoms with Gasteiger partial charge in [0.25, 0.3) is 5.56 Å². The van der Waals surface area contributed by atoms with E-state index in [2.05, 4.69) is 10.3 Å². The van der Waals surface area contributed by atoms with Gasteiger partial charge in [-0.2, -0.15) is 13.2 Å². The van der Waals surface area contributed by atoms with Crippen LogP contribution in [0.3, 0.4) is 0 Å². The summed E-state index contributed by atoms with van der Waals surface area (Å²) in [6, 6.07) is 18.7. The highest BCUT2D eigenvalue weighted by atomic mass is 35.5. The van der Waals surface area contributed by atoms with Gasteiger partial charge in [0.05, 0.1) is 22.2 Å². The van der Waals surface area contributed by atoms with Crippen molar-refractivity contribution in [3.8, 4) is 0 Å². The van der Waals surface area contributed by atoms with E-state index in [9.17, 15) is 22.8 Å². The number of alkyl halides is 3. The zero-order valence-corrected chi connectivity index (χ0v) is 20.6. The molecular weight excluding hydrogens is 511 g/mol. The summed E-state index contributed by atoms with van der Waals surface area (Å²) in [5, 5.41) is 2.08. The van der Waals surface area contributed by atoms with Crippen LogP contribution in [-0.2, 0) is 17.5 Å². The van der Waals surface area contributed by atoms with Crippen LogP contribution in [0.2, 0.25) is 5.02 Å². The standard InChI is InChI=1S/C26H21ClF3N3O2S/c1-2-14-33-24(35)18-10-6-7-11-20(18)32-25(33)36-22(16-8-4-3-5-9-16)23(34)31-21-13-12-17(27)15-19(21)26(28,29)30/h3-13,15,22H,2,14H2,1H3,(H,31,34). The molecule has 186 valence electrons. The van der Waals surface area contributed by atoms with Crippen LogP contribution >= 0.6 is 23.4 Å². The van der Waals surface area contributed by atoms with Gasteiger partial charge in [0, 0.05) is 11.6 Å². The van der Waals surface area contributed by atoms with Gasteiger partial charge in [-0.25, -0.2) is 4.98 Å². The van der Waals surface area contributed by atoms with Crippen LogP contribution in [0.5, 0.6) is 0 Å². The van der Waals surface area contributed by atoms with Gasteiger partial charge in [-0.1, -0.05) is 72.8 Å². The number of thioether (sulfide) groups is 1. The van der Waals surface area contributed by atoms with E-state index in [4.69, 9.17) is 11.6 Å². The van der Waals surface area contributed by atoms with Crippen LogP contribution in [0.4, 0.5) is 18.9 Å². The Morgan fingerprint density at radius 3 is 2.47 bits per heavy atom. The molecule has 0 spiro atoms. The largest absolute Gasteiger partial charge is 0.418 e. The number of carbonyl (C=O) groups excluding carboxylic acids is 1. The molecule has 36 heavy (non-hydrogen) atoms. The predicted octanol–water partition coefficient (Wildman–Crippen LogP) is 6.95. The number of hydrogen-bond donors (Lipinski definition) is 1. The van der Waals surface area contributed by atoms with E-state index in [0.29, 0.717) is 34.6 Å². The average Bonchev–Trinajstić information content (AvgIpc) is 2.85. The minimum atomic E-state index is -4.72. The fraction of sp³-hybridized carbons (Fsp3) is 0.192. The third kappa shape index (κ3) is 5.57. The Labute approximate surface area is 214 Å². The number of amides is 1. The lowest BCUT2D eigenvalue weighted by Crippen LogP contribution is -2.26. The van der Waals surface area contributed by atoms with E-state index in [-0.39, 0.29) is 10.6 Å². The van der Waals surface area contributed by atoms with Crippen molar-refractivity contribution >= 4 is 45.9 Å². The number of anilines is 1. The van der Waals surface area contributed by atoms with Crippen molar-refractivity contribution in [2.45, 2.75) is 36.5 Å². The van der Waals surface area contributed by atoms with Crippen LogP contribution < -0.4 is 10.9 Å². The van der Waals surface area contributed by atoms with Crippen molar-refractivity contribution in [2.24, 2.45) is 0 Å². The molecule has 0 saturated carbocycles. The van der Waals surface area contributed by atoms with Crippen LogP contribution in [0.1, 0.15) is 29.7 Å². The number of rotatable bonds is 7. The summed E-state index contributed by atoms with van der Waals surface area (Å²) < 4.78 is 42.4. The quantitative estimate of drug-likeness (QED) is 0.207. The fourth-order valence-corrected chi connectivity index (χ4v) is 5.02. The highest BCUT2D eigenvalue weighted by Crippen LogP contribution is 2.39. The number of benzene rings is 3. The lowest BCUT2D eigenvalue weighted by Gasteiger charge is -2.21. The SMILES string of the molecule is CCCn1c(SC(C(=O)Nc2ccc(Cl)cc2C(F)(F)F)c2ccccc2)nc2ccccc2c1=O. The molecule has 0 aliphatic rings. The van der Waals surface area contributed by atoms with Crippen molar-refractivity contribution in [3.05, 3.63) is 99.3 Å². The van der Waals surface area contributed by atoms with Gasteiger partial charge in [0.15, 0.2) is 5.16 Å². The molecule has 0 radical (unpaired) electrons. The molecular formula is C26H21ClF3N3O2S. The lowest BCUT2D eigenvalue weighted by molar-refractivity contribution is -0.137. The van der Waals surface area contributed by atoms with E-state index < -0.39 is 28.6 Å². The predicted molar refractivity (Wildman–Crippen MR) is 136 cm³/mol. The van der Waals surface area contributed by atoms with Gasteiger partial charge in [0.1, 0.15) is 5.25 Å². The Kier molecular flexibility index (Phi) is 7.70. The minimum Gasteiger partial charge on any atom is -0.324 e. The van der Waals surface area contributed by atoms with Crippen molar-refractivity contribution in [1.82, 2.24) is 9.55 Å². The van der Waals surface area contributed by atoms with Gasteiger partial charge in [-0.05, 0) is 42.3 Å². The Morgan fingerprint density at radius 2 is 1.78 bits per heavy atom. The molecule has 1 heterocycles. The summed E-state index contributed by atoms with van der Waals surface area (Å²) in [6.45, 7) is 2.29. The molecule has 1 unspecified atom stereocenters. The van der Waals surface area contributed by atoms with Crippen LogP contribution in [0.15, 0.2) is 82.7 Å². The normalized spacial score (nSPS) is 12.5. The van der Waals surface area contributed by atoms with Crippen molar-refractivity contribution in [2.75, 3.05) is 5.32 Å². The number of nitrogens with one attached hydrogen (secondary N) is 1. The maximum Gasteiger partial charge on any atom is 0.418 e. The first-order valence-electron chi connectivity index (χ1n) is 11.1. The van der Waals surface area contributed by atoms with Crippen molar-refractivity contribution in [1.29, 1.82) is 0 Å². The zero-order chi connectivity index (χ0) is 25.9. The molecule has 4 rings (SSSR count). The Morgan fingerprint density at radius 1 is 1.08 bits per heavy atom. The van der Waals surface area contributed by atoms with E-state index in [1.54, 1.807) is 54.6 Å². The summed E-state index contributed by atoms with van der Waals surface area (Å²) in [4.78, 5) is 31.3. The second-order valence-electron chi connectivity index (χ2n) is 7.95. The molecule has 0 aliphatic carbocycles. The van der Waals surface area contributed by atoms with E-state index in [0.717, 1.165) is 23.9 Å². The van der Waals surface area contributed by atoms with Gasteiger partial charge >= 0.3 is 6.18 Å². The number of hydrogen-bond acceptors (Lipinski definition) is 4. The van der Waals surface area contributed by atoms with E-state index in [1.807, 2.05) is 6.92 Å². The van der Waals surface area contributed by atoms with Crippen LogP contribution in [0.25, 0.3) is 10.9 Å². The zero-order valence-electron chi connectivity index (χ0n) is 19.1.